The molecule has 0 amide bonds. The van der Waals surface area contributed by atoms with E-state index in [-0.39, 0.29) is 5.97 Å². The molecule has 0 aliphatic heterocycles. The van der Waals surface area contributed by atoms with E-state index in [9.17, 15) is 4.79 Å². The Kier molecular flexibility index (Phi) is 6.15. The average molecular weight is 302 g/mol. The molecule has 0 spiro atoms. The van der Waals surface area contributed by atoms with Crippen molar-refractivity contribution in [3.05, 3.63) is 42.2 Å². The molecular weight excluding hydrogens is 280 g/mol. The van der Waals surface area contributed by atoms with Crippen LogP contribution >= 0.6 is 0 Å². The van der Waals surface area contributed by atoms with Crippen LogP contribution < -0.4 is 0 Å². The Hall–Kier alpha value is -2.14. The van der Waals surface area contributed by atoms with Crippen molar-refractivity contribution in [3.8, 4) is 11.1 Å². The first-order chi connectivity index (χ1) is 10.7. The van der Waals surface area contributed by atoms with Gasteiger partial charge in [0.05, 0.1) is 26.0 Å². The Labute approximate surface area is 130 Å². The summed E-state index contributed by atoms with van der Waals surface area (Å²) in [5, 5.41) is 4.32. The van der Waals surface area contributed by atoms with Crippen LogP contribution in [0.5, 0.6) is 0 Å². The van der Waals surface area contributed by atoms with Crippen molar-refractivity contribution in [1.82, 2.24) is 9.78 Å². The fraction of sp³-hybridized carbons (Fsp3) is 0.412. The first kappa shape index (κ1) is 16.2. The van der Waals surface area contributed by atoms with Crippen molar-refractivity contribution in [3.63, 3.8) is 0 Å². The summed E-state index contributed by atoms with van der Waals surface area (Å²) in [7, 11) is 1.68. The molecule has 0 aliphatic rings. The van der Waals surface area contributed by atoms with Crippen LogP contribution in [-0.2, 0) is 27.2 Å². The summed E-state index contributed by atoms with van der Waals surface area (Å²) in [6.45, 7) is 3.60. The van der Waals surface area contributed by atoms with Crippen LogP contribution in [0.1, 0.15) is 18.9 Å². The van der Waals surface area contributed by atoms with Gasteiger partial charge in [-0.25, -0.2) is 0 Å². The molecule has 5 nitrogen and oxygen atoms in total. The molecule has 118 valence electrons. The maximum absolute atomic E-state index is 11.1. The standard InChI is InChI=1S/C17H22N2O3/c1-3-17(20)22-9-7-14-5-4-6-15(11-14)16-12-18-19(13-16)8-10-21-2/h4-6,11-13H,3,7-10H2,1-2H3. The molecule has 0 aliphatic carbocycles. The Balaban J connectivity index is 1.98. The van der Waals surface area contributed by atoms with E-state index in [1.807, 2.05) is 29.2 Å². The second-order valence-corrected chi connectivity index (χ2v) is 5.01. The van der Waals surface area contributed by atoms with Crippen molar-refractivity contribution >= 4 is 5.97 Å². The van der Waals surface area contributed by atoms with E-state index in [0.717, 1.165) is 29.7 Å². The molecule has 1 aromatic heterocycles. The van der Waals surface area contributed by atoms with Gasteiger partial charge in [-0.1, -0.05) is 31.2 Å². The van der Waals surface area contributed by atoms with Gasteiger partial charge in [0.1, 0.15) is 0 Å². The summed E-state index contributed by atoms with van der Waals surface area (Å²) in [5.41, 5.74) is 3.33. The van der Waals surface area contributed by atoms with Gasteiger partial charge in [-0.15, -0.1) is 0 Å². The van der Waals surface area contributed by atoms with Crippen LogP contribution in [0.4, 0.5) is 0 Å². The number of ether oxygens (including phenoxy) is 2. The van der Waals surface area contributed by atoms with E-state index in [1.54, 1.807) is 14.0 Å². The molecule has 22 heavy (non-hydrogen) atoms. The summed E-state index contributed by atoms with van der Waals surface area (Å²) >= 11 is 0. The minimum atomic E-state index is -0.157. The number of rotatable bonds is 8. The lowest BCUT2D eigenvalue weighted by Gasteiger charge is -2.05. The van der Waals surface area contributed by atoms with Gasteiger partial charge < -0.3 is 9.47 Å². The van der Waals surface area contributed by atoms with Crippen molar-refractivity contribution in [1.29, 1.82) is 0 Å². The predicted octanol–water partition coefficient (Wildman–Crippen LogP) is 2.69. The van der Waals surface area contributed by atoms with Gasteiger partial charge in [-0.2, -0.15) is 5.10 Å². The minimum absolute atomic E-state index is 0.157. The smallest absolute Gasteiger partial charge is 0.305 e. The van der Waals surface area contributed by atoms with E-state index in [4.69, 9.17) is 9.47 Å². The number of hydrogen-bond acceptors (Lipinski definition) is 4. The molecule has 5 heteroatoms. The summed E-state index contributed by atoms with van der Waals surface area (Å²) in [4.78, 5) is 11.1. The van der Waals surface area contributed by atoms with E-state index < -0.39 is 0 Å². The number of aromatic nitrogens is 2. The number of carbonyl (C=O) groups excluding carboxylic acids is 1. The summed E-state index contributed by atoms with van der Waals surface area (Å²) in [5.74, 6) is -0.157. The molecule has 0 fully saturated rings. The third-order valence-electron chi connectivity index (χ3n) is 3.36. The first-order valence-corrected chi connectivity index (χ1v) is 7.49. The highest BCUT2D eigenvalue weighted by atomic mass is 16.5. The largest absolute Gasteiger partial charge is 0.465 e. The number of carbonyl (C=O) groups is 1. The normalized spacial score (nSPS) is 10.6. The quantitative estimate of drug-likeness (QED) is 0.704. The Morgan fingerprint density at radius 1 is 1.27 bits per heavy atom. The summed E-state index contributed by atoms with van der Waals surface area (Å²) in [6, 6.07) is 8.22. The van der Waals surface area contributed by atoms with Crippen LogP contribution in [-0.4, -0.2) is 36.1 Å². The monoisotopic (exact) mass is 302 g/mol. The number of esters is 1. The minimum Gasteiger partial charge on any atom is -0.465 e. The molecule has 0 unspecified atom stereocenters. The second-order valence-electron chi connectivity index (χ2n) is 5.01. The van der Waals surface area contributed by atoms with Gasteiger partial charge in [0.2, 0.25) is 0 Å². The van der Waals surface area contributed by atoms with Crippen molar-refractivity contribution in [2.45, 2.75) is 26.3 Å². The first-order valence-electron chi connectivity index (χ1n) is 7.49. The number of nitrogens with zero attached hydrogens (tertiary/aromatic N) is 2. The van der Waals surface area contributed by atoms with Crippen molar-refractivity contribution < 1.29 is 14.3 Å². The molecule has 1 heterocycles. The highest BCUT2D eigenvalue weighted by Gasteiger charge is 2.04. The van der Waals surface area contributed by atoms with E-state index >= 15 is 0 Å². The molecule has 0 bridgehead atoms. The summed E-state index contributed by atoms with van der Waals surface area (Å²) in [6.07, 6.45) is 5.00. The van der Waals surface area contributed by atoms with Crippen LogP contribution in [0.2, 0.25) is 0 Å². The zero-order valence-electron chi connectivity index (χ0n) is 13.1. The molecule has 2 aromatic rings. The van der Waals surface area contributed by atoms with Gasteiger partial charge >= 0.3 is 5.97 Å². The Bertz CT molecular complexity index is 607. The topological polar surface area (TPSA) is 53.3 Å². The predicted molar refractivity (Wildman–Crippen MR) is 84.5 cm³/mol. The highest BCUT2D eigenvalue weighted by Crippen LogP contribution is 2.20. The van der Waals surface area contributed by atoms with Gasteiger partial charge in [0.25, 0.3) is 0 Å². The van der Waals surface area contributed by atoms with Gasteiger partial charge in [-0.05, 0) is 11.1 Å². The third kappa shape index (κ3) is 4.70. The maximum atomic E-state index is 11.1. The van der Waals surface area contributed by atoms with Crippen molar-refractivity contribution in [2.75, 3.05) is 20.3 Å². The van der Waals surface area contributed by atoms with Crippen LogP contribution in [0, 0.1) is 0 Å². The lowest BCUT2D eigenvalue weighted by molar-refractivity contribution is -0.143. The fourth-order valence-electron chi connectivity index (χ4n) is 2.11. The molecular formula is C17H22N2O3. The SMILES string of the molecule is CCC(=O)OCCc1cccc(-c2cnn(CCOC)c2)c1. The molecule has 1 aromatic carbocycles. The Morgan fingerprint density at radius 3 is 2.91 bits per heavy atom. The van der Waals surface area contributed by atoms with Gasteiger partial charge in [-0.3, -0.25) is 9.48 Å². The number of hydrogen-bond donors (Lipinski definition) is 0. The second kappa shape index (κ2) is 8.34. The maximum Gasteiger partial charge on any atom is 0.305 e. The zero-order chi connectivity index (χ0) is 15.8. The lowest BCUT2D eigenvalue weighted by Crippen LogP contribution is -2.06. The average Bonchev–Trinajstić information content (AvgIpc) is 3.02. The molecule has 0 saturated heterocycles. The lowest BCUT2D eigenvalue weighted by atomic mass is 10.0. The third-order valence-corrected chi connectivity index (χ3v) is 3.36. The molecule has 0 atom stereocenters. The highest BCUT2D eigenvalue weighted by molar-refractivity contribution is 5.68. The van der Waals surface area contributed by atoms with Gasteiger partial charge in [0, 0.05) is 31.7 Å². The van der Waals surface area contributed by atoms with Crippen LogP contribution in [0.3, 0.4) is 0 Å². The van der Waals surface area contributed by atoms with E-state index in [2.05, 4.69) is 17.2 Å². The molecule has 0 N–H and O–H groups in total. The number of benzene rings is 1. The molecule has 0 radical (unpaired) electrons. The summed E-state index contributed by atoms with van der Waals surface area (Å²) < 4.78 is 12.0. The zero-order valence-corrected chi connectivity index (χ0v) is 13.1. The van der Waals surface area contributed by atoms with E-state index in [1.165, 1.54) is 0 Å². The number of methoxy groups -OCH3 is 1. The molecule has 0 saturated carbocycles. The van der Waals surface area contributed by atoms with Crippen molar-refractivity contribution in [2.24, 2.45) is 0 Å². The van der Waals surface area contributed by atoms with Gasteiger partial charge in [0.15, 0.2) is 0 Å². The van der Waals surface area contributed by atoms with Crippen LogP contribution in [0.25, 0.3) is 11.1 Å². The molecule has 2 rings (SSSR count). The fourth-order valence-corrected chi connectivity index (χ4v) is 2.11. The Morgan fingerprint density at radius 2 is 2.14 bits per heavy atom. The van der Waals surface area contributed by atoms with Crippen LogP contribution in [0.15, 0.2) is 36.7 Å². The van der Waals surface area contributed by atoms with E-state index in [0.29, 0.717) is 19.6 Å².